The maximum Gasteiger partial charge on any atom is 0.306 e. The van der Waals surface area contributed by atoms with Gasteiger partial charge in [-0.25, -0.2) is 4.39 Å². The van der Waals surface area contributed by atoms with Gasteiger partial charge in [0.1, 0.15) is 11.9 Å². The molecule has 1 atom stereocenters. The number of carbonyl (C=O) groups is 2. The fraction of sp³-hybridized carbons (Fsp3) is 0.273. The molecule has 0 bridgehead atoms. The zero-order valence-corrected chi connectivity index (χ0v) is 22.3. The number of cyclic esters (lactones) is 1. The predicted molar refractivity (Wildman–Crippen MR) is 152 cm³/mol. The molecule has 5 rings (SSSR count). The Labute approximate surface area is 228 Å². The minimum Gasteiger partial charge on any atom is -0.462 e. The van der Waals surface area contributed by atoms with E-state index < -0.39 is 0 Å². The fourth-order valence-corrected chi connectivity index (χ4v) is 5.46. The second kappa shape index (κ2) is 11.7. The number of nitrogens with one attached hydrogen (secondary N) is 1. The Morgan fingerprint density at radius 3 is 2.28 bits per heavy atom. The van der Waals surface area contributed by atoms with Gasteiger partial charge in [0.25, 0.3) is 5.91 Å². The number of hydrogen-bond acceptors (Lipinski definition) is 3. The third-order valence-corrected chi connectivity index (χ3v) is 7.17. The lowest BCUT2D eigenvalue weighted by atomic mass is 9.94. The molecule has 1 amide bonds. The molecule has 1 aliphatic heterocycles. The molecule has 1 aliphatic rings. The van der Waals surface area contributed by atoms with Crippen LogP contribution in [-0.4, -0.2) is 22.5 Å². The fourth-order valence-electron chi connectivity index (χ4n) is 5.46. The van der Waals surface area contributed by atoms with E-state index in [4.69, 9.17) is 4.74 Å². The molecule has 3 aromatic carbocycles. The quantitative estimate of drug-likeness (QED) is 0.239. The third-order valence-electron chi connectivity index (χ3n) is 7.17. The van der Waals surface area contributed by atoms with E-state index in [9.17, 15) is 14.0 Å². The molecule has 39 heavy (non-hydrogen) atoms. The number of carbonyl (C=O) groups excluding carboxylic acids is 2. The molecule has 0 aliphatic carbocycles. The van der Waals surface area contributed by atoms with Gasteiger partial charge in [0.05, 0.1) is 11.3 Å². The third kappa shape index (κ3) is 5.80. The number of ether oxygens (including phenoxy) is 1. The first-order chi connectivity index (χ1) is 18.9. The van der Waals surface area contributed by atoms with Crippen molar-refractivity contribution < 1.29 is 18.7 Å². The molecule has 0 saturated carbocycles. The minimum absolute atomic E-state index is 0.00656. The number of benzene rings is 3. The minimum atomic E-state index is -0.321. The van der Waals surface area contributed by atoms with E-state index in [0.717, 1.165) is 40.9 Å². The summed E-state index contributed by atoms with van der Waals surface area (Å²) in [6, 6.07) is 25.7. The van der Waals surface area contributed by atoms with Crippen molar-refractivity contribution in [1.29, 1.82) is 0 Å². The van der Waals surface area contributed by atoms with E-state index in [1.54, 1.807) is 12.1 Å². The number of para-hydroxylation sites is 1. The molecule has 5 nitrogen and oxygen atoms in total. The Morgan fingerprint density at radius 2 is 1.64 bits per heavy atom. The number of hydrogen-bond donors (Lipinski definition) is 1. The van der Waals surface area contributed by atoms with Crippen molar-refractivity contribution in [2.45, 2.75) is 58.1 Å². The van der Waals surface area contributed by atoms with Crippen LogP contribution in [0.5, 0.6) is 0 Å². The molecule has 6 heteroatoms. The second-order valence-corrected chi connectivity index (χ2v) is 10.3. The smallest absolute Gasteiger partial charge is 0.306 e. The normalized spacial score (nSPS) is 15.3. The van der Waals surface area contributed by atoms with Gasteiger partial charge in [0, 0.05) is 36.3 Å². The first-order valence-corrected chi connectivity index (χ1v) is 13.6. The van der Waals surface area contributed by atoms with Crippen LogP contribution in [0.4, 0.5) is 10.1 Å². The Balaban J connectivity index is 1.72. The number of aromatic nitrogens is 1. The highest BCUT2D eigenvalue weighted by atomic mass is 19.1. The summed E-state index contributed by atoms with van der Waals surface area (Å²) in [5.74, 6) is -0.671. The summed E-state index contributed by atoms with van der Waals surface area (Å²) in [5.41, 5.74) is 5.58. The number of esters is 1. The highest BCUT2D eigenvalue weighted by Gasteiger charge is 2.31. The van der Waals surface area contributed by atoms with Crippen molar-refractivity contribution in [3.05, 3.63) is 102 Å². The molecule has 2 heterocycles. The lowest BCUT2D eigenvalue weighted by molar-refractivity contribution is -0.154. The van der Waals surface area contributed by atoms with Crippen LogP contribution in [0.15, 0.2) is 84.9 Å². The van der Waals surface area contributed by atoms with Gasteiger partial charge in [-0.3, -0.25) is 9.59 Å². The first kappa shape index (κ1) is 26.4. The van der Waals surface area contributed by atoms with Crippen molar-refractivity contribution >= 4 is 17.6 Å². The van der Waals surface area contributed by atoms with Crippen LogP contribution in [-0.2, 0) is 16.1 Å². The topological polar surface area (TPSA) is 60.3 Å². The summed E-state index contributed by atoms with van der Waals surface area (Å²) in [6.45, 7) is 4.71. The van der Waals surface area contributed by atoms with Gasteiger partial charge in [-0.1, -0.05) is 62.4 Å². The summed E-state index contributed by atoms with van der Waals surface area (Å²) in [5, 5.41) is 3.09. The van der Waals surface area contributed by atoms with Gasteiger partial charge < -0.3 is 14.6 Å². The van der Waals surface area contributed by atoms with E-state index in [-0.39, 0.29) is 29.7 Å². The summed E-state index contributed by atoms with van der Waals surface area (Å²) in [7, 11) is 0. The van der Waals surface area contributed by atoms with E-state index >= 15 is 0 Å². The van der Waals surface area contributed by atoms with Crippen LogP contribution < -0.4 is 5.32 Å². The maximum absolute atomic E-state index is 14.1. The Bertz CT molecular complexity index is 1440. The molecule has 0 radical (unpaired) electrons. The van der Waals surface area contributed by atoms with Gasteiger partial charge in [-0.15, -0.1) is 0 Å². The SMILES string of the molecule is CC(C)c1c(C(=O)Nc2ccccc2)c(-c2ccccc2)c(-c2ccc(F)cc2)n1CCC1CCCC(=O)O1. The highest BCUT2D eigenvalue weighted by Crippen LogP contribution is 2.42. The van der Waals surface area contributed by atoms with Gasteiger partial charge in [0.15, 0.2) is 0 Å². The van der Waals surface area contributed by atoms with Crippen LogP contribution in [0.1, 0.15) is 61.5 Å². The van der Waals surface area contributed by atoms with Gasteiger partial charge in [0.2, 0.25) is 0 Å². The monoisotopic (exact) mass is 524 g/mol. The molecule has 1 saturated heterocycles. The molecule has 200 valence electrons. The number of anilines is 1. The van der Waals surface area contributed by atoms with Crippen molar-refractivity contribution in [2.24, 2.45) is 0 Å². The molecule has 4 aromatic rings. The lowest BCUT2D eigenvalue weighted by Gasteiger charge is -2.24. The zero-order chi connectivity index (χ0) is 27.4. The average Bonchev–Trinajstić information content (AvgIpc) is 3.29. The summed E-state index contributed by atoms with van der Waals surface area (Å²) < 4.78 is 21.8. The molecule has 0 spiro atoms. The standard InChI is InChI=1S/C33H33FN2O3/c1-22(2)31-30(33(38)35-26-12-7-4-8-13-26)29(23-10-5-3-6-11-23)32(24-16-18-25(34)19-17-24)36(31)21-20-27-14-9-15-28(37)39-27/h3-8,10-13,16-19,22,27H,9,14-15,20-21H2,1-2H3,(H,35,38). The van der Waals surface area contributed by atoms with Crippen LogP contribution in [0.3, 0.4) is 0 Å². The molecule has 1 N–H and O–H groups in total. The van der Waals surface area contributed by atoms with Crippen LogP contribution >= 0.6 is 0 Å². The van der Waals surface area contributed by atoms with E-state index in [1.807, 2.05) is 60.7 Å². The van der Waals surface area contributed by atoms with Crippen molar-refractivity contribution in [1.82, 2.24) is 4.57 Å². The molecule has 1 unspecified atom stereocenters. The Morgan fingerprint density at radius 1 is 0.974 bits per heavy atom. The predicted octanol–water partition coefficient (Wildman–Crippen LogP) is 7.82. The second-order valence-electron chi connectivity index (χ2n) is 10.3. The van der Waals surface area contributed by atoms with Crippen molar-refractivity contribution in [3.8, 4) is 22.4 Å². The maximum atomic E-state index is 14.1. The largest absolute Gasteiger partial charge is 0.462 e. The van der Waals surface area contributed by atoms with Gasteiger partial charge in [-0.2, -0.15) is 0 Å². The summed E-state index contributed by atoms with van der Waals surface area (Å²) in [6.07, 6.45) is 2.55. The molecular formula is C33H33FN2O3. The van der Waals surface area contributed by atoms with Crippen LogP contribution in [0.25, 0.3) is 22.4 Å². The number of amides is 1. The van der Waals surface area contributed by atoms with Crippen LogP contribution in [0, 0.1) is 5.82 Å². The number of halogens is 1. The van der Waals surface area contributed by atoms with Crippen LogP contribution in [0.2, 0.25) is 0 Å². The number of nitrogens with zero attached hydrogens (tertiary/aromatic N) is 1. The zero-order valence-electron chi connectivity index (χ0n) is 22.3. The number of rotatable bonds is 8. The Kier molecular flexibility index (Phi) is 7.92. The lowest BCUT2D eigenvalue weighted by Crippen LogP contribution is -2.25. The van der Waals surface area contributed by atoms with Gasteiger partial charge >= 0.3 is 5.97 Å². The first-order valence-electron chi connectivity index (χ1n) is 13.6. The van der Waals surface area contributed by atoms with E-state index in [1.165, 1.54) is 12.1 Å². The van der Waals surface area contributed by atoms with Crippen molar-refractivity contribution in [2.75, 3.05) is 5.32 Å². The average molecular weight is 525 g/mol. The highest BCUT2D eigenvalue weighted by molar-refractivity contribution is 6.12. The molecule has 1 fully saturated rings. The molecular weight excluding hydrogens is 491 g/mol. The van der Waals surface area contributed by atoms with E-state index in [2.05, 4.69) is 23.7 Å². The van der Waals surface area contributed by atoms with E-state index in [0.29, 0.717) is 30.6 Å². The molecule has 1 aromatic heterocycles. The summed E-state index contributed by atoms with van der Waals surface area (Å²) in [4.78, 5) is 26.0. The Hall–Kier alpha value is -4.19. The summed E-state index contributed by atoms with van der Waals surface area (Å²) >= 11 is 0. The van der Waals surface area contributed by atoms with Crippen molar-refractivity contribution in [3.63, 3.8) is 0 Å². The van der Waals surface area contributed by atoms with Gasteiger partial charge in [-0.05, 0) is 66.3 Å².